The Kier molecular flexibility index (Phi) is 5.79. The number of imidazole rings is 1. The van der Waals surface area contributed by atoms with E-state index in [9.17, 15) is 15.3 Å². The average Bonchev–Trinajstić information content (AvgIpc) is 3.31. The highest BCUT2D eigenvalue weighted by Gasteiger charge is 2.44. The lowest BCUT2D eigenvalue weighted by Crippen LogP contribution is -2.33. The zero-order valence-corrected chi connectivity index (χ0v) is 16.2. The summed E-state index contributed by atoms with van der Waals surface area (Å²) in [6, 6.07) is 9.57. The van der Waals surface area contributed by atoms with Crippen LogP contribution in [0.5, 0.6) is 6.01 Å². The number of rotatable bonds is 7. The number of fused-ring (bicyclic) bond motifs is 1. The topological polar surface area (TPSA) is 158 Å². The molecule has 0 bridgehead atoms. The molecule has 5 N–H and O–H groups in total. The van der Waals surface area contributed by atoms with Crippen LogP contribution in [-0.2, 0) is 9.47 Å². The van der Waals surface area contributed by atoms with Crippen LogP contribution in [-0.4, -0.2) is 73.5 Å². The predicted molar refractivity (Wildman–Crippen MR) is 104 cm³/mol. The van der Waals surface area contributed by atoms with Crippen LogP contribution < -0.4 is 10.5 Å². The van der Waals surface area contributed by atoms with Gasteiger partial charge in [-0.25, -0.2) is 4.98 Å². The smallest absolute Gasteiger partial charge is 0.320 e. The Bertz CT molecular complexity index is 1000. The largest absolute Gasteiger partial charge is 0.460 e. The minimum atomic E-state index is -1.28. The van der Waals surface area contributed by atoms with E-state index in [1.54, 1.807) is 7.11 Å². The second kappa shape index (κ2) is 8.50. The number of aliphatic hydroxyl groups is 3. The van der Waals surface area contributed by atoms with Crippen molar-refractivity contribution in [1.82, 2.24) is 19.5 Å². The fraction of sp³-hybridized carbons (Fsp3) is 0.421. The molecule has 160 valence electrons. The summed E-state index contributed by atoms with van der Waals surface area (Å²) in [6.45, 7) is -0.293. The molecule has 0 aliphatic carbocycles. The van der Waals surface area contributed by atoms with Gasteiger partial charge in [-0.1, -0.05) is 30.3 Å². The molecule has 2 aromatic heterocycles. The molecule has 3 aromatic rings. The van der Waals surface area contributed by atoms with Gasteiger partial charge >= 0.3 is 6.01 Å². The third-order valence-corrected chi connectivity index (χ3v) is 5.04. The molecule has 1 fully saturated rings. The Balaban J connectivity index is 1.59. The van der Waals surface area contributed by atoms with Crippen LogP contribution >= 0.6 is 0 Å². The van der Waals surface area contributed by atoms with E-state index in [4.69, 9.17) is 19.9 Å². The molecule has 1 saturated heterocycles. The van der Waals surface area contributed by atoms with Crippen LogP contribution in [0.15, 0.2) is 36.7 Å². The maximum absolute atomic E-state index is 10.3. The van der Waals surface area contributed by atoms with Gasteiger partial charge in [-0.2, -0.15) is 9.97 Å². The number of nitrogens with two attached hydrogens (primary N) is 1. The second-order valence-corrected chi connectivity index (χ2v) is 6.89. The quantitative estimate of drug-likeness (QED) is 0.405. The van der Waals surface area contributed by atoms with Crippen LogP contribution in [0.4, 0.5) is 5.82 Å². The summed E-state index contributed by atoms with van der Waals surface area (Å²) >= 11 is 0. The van der Waals surface area contributed by atoms with Gasteiger partial charge in [0.05, 0.1) is 12.9 Å². The van der Waals surface area contributed by atoms with Gasteiger partial charge in [-0.15, -0.1) is 0 Å². The first-order valence-corrected chi connectivity index (χ1v) is 9.36. The van der Waals surface area contributed by atoms with Gasteiger partial charge in [0, 0.05) is 7.11 Å². The number of hydrogen-bond donors (Lipinski definition) is 4. The standard InChI is InChI=1S/C19H23N5O6/c1-28-12(10-5-3-2-4-6-10)8-29-19-22-16(20)13-17(23-19)24(9-21-13)18-15(27)14(26)11(7-25)30-18/h2-6,9,11-12,14-15,18,25-27H,7-8H2,1H3,(H2,20,22,23)/t11-,12-,14-,15-,18-/m1/s1. The summed E-state index contributed by atoms with van der Waals surface area (Å²) in [5.74, 6) is 0.0918. The van der Waals surface area contributed by atoms with Crippen molar-refractivity contribution in [1.29, 1.82) is 0 Å². The number of nitrogen functional groups attached to an aromatic ring is 1. The number of aromatic nitrogens is 4. The van der Waals surface area contributed by atoms with Gasteiger partial charge in [-0.05, 0) is 5.56 Å². The van der Waals surface area contributed by atoms with Crippen molar-refractivity contribution in [3.8, 4) is 6.01 Å². The van der Waals surface area contributed by atoms with Crippen molar-refractivity contribution < 1.29 is 29.5 Å². The Morgan fingerprint density at radius 2 is 1.97 bits per heavy atom. The molecule has 0 amide bonds. The summed E-state index contributed by atoms with van der Waals surface area (Å²) < 4.78 is 18.2. The number of nitrogens with zero attached hydrogens (tertiary/aromatic N) is 4. The molecule has 3 heterocycles. The van der Waals surface area contributed by atoms with Crippen molar-refractivity contribution >= 4 is 17.0 Å². The van der Waals surface area contributed by atoms with Crippen molar-refractivity contribution in [2.75, 3.05) is 26.1 Å². The van der Waals surface area contributed by atoms with Gasteiger partial charge in [0.2, 0.25) is 0 Å². The minimum absolute atomic E-state index is 0.00599. The molecule has 5 atom stereocenters. The SMILES string of the molecule is CO[C@H](COc1nc(N)c2ncn([C@@H]3O[C@H](CO)[C@@H](O)[C@H]3O)c2n1)c1ccccc1. The molecule has 1 aromatic carbocycles. The summed E-state index contributed by atoms with van der Waals surface area (Å²) in [7, 11) is 1.58. The van der Waals surface area contributed by atoms with Crippen LogP contribution in [0, 0.1) is 0 Å². The van der Waals surface area contributed by atoms with E-state index < -0.39 is 31.1 Å². The fourth-order valence-electron chi connectivity index (χ4n) is 3.40. The number of aliphatic hydroxyl groups excluding tert-OH is 3. The van der Waals surface area contributed by atoms with Crippen LogP contribution in [0.25, 0.3) is 11.2 Å². The van der Waals surface area contributed by atoms with E-state index in [2.05, 4.69) is 15.0 Å². The molecule has 30 heavy (non-hydrogen) atoms. The molecule has 1 aliphatic rings. The molecule has 1 aliphatic heterocycles. The monoisotopic (exact) mass is 417 g/mol. The number of hydrogen-bond acceptors (Lipinski definition) is 10. The molecular formula is C19H23N5O6. The number of anilines is 1. The van der Waals surface area contributed by atoms with Gasteiger partial charge in [-0.3, -0.25) is 4.57 Å². The second-order valence-electron chi connectivity index (χ2n) is 6.89. The summed E-state index contributed by atoms with van der Waals surface area (Å²) in [5.41, 5.74) is 7.50. The first-order chi connectivity index (χ1) is 14.5. The van der Waals surface area contributed by atoms with E-state index in [1.807, 2.05) is 30.3 Å². The highest BCUT2D eigenvalue weighted by Crippen LogP contribution is 2.32. The molecule has 0 radical (unpaired) electrons. The van der Waals surface area contributed by atoms with Crippen LogP contribution in [0.2, 0.25) is 0 Å². The van der Waals surface area contributed by atoms with Crippen LogP contribution in [0.1, 0.15) is 17.9 Å². The van der Waals surface area contributed by atoms with Gasteiger partial charge in [0.1, 0.15) is 31.0 Å². The molecule has 0 saturated carbocycles. The van der Waals surface area contributed by atoms with Gasteiger partial charge < -0.3 is 35.3 Å². The molecule has 0 spiro atoms. The summed E-state index contributed by atoms with van der Waals surface area (Å²) in [6.07, 6.45) is -3.42. The molecule has 11 nitrogen and oxygen atoms in total. The maximum Gasteiger partial charge on any atom is 0.320 e. The van der Waals surface area contributed by atoms with Crippen molar-refractivity contribution in [2.24, 2.45) is 0 Å². The number of benzene rings is 1. The Morgan fingerprint density at radius 3 is 2.63 bits per heavy atom. The van der Waals surface area contributed by atoms with E-state index in [0.717, 1.165) is 5.56 Å². The van der Waals surface area contributed by atoms with Gasteiger partial charge in [0.25, 0.3) is 0 Å². The number of methoxy groups -OCH3 is 1. The van der Waals surface area contributed by atoms with Crippen molar-refractivity contribution in [3.05, 3.63) is 42.2 Å². The van der Waals surface area contributed by atoms with Crippen molar-refractivity contribution in [3.63, 3.8) is 0 Å². The molecule has 11 heteroatoms. The van der Waals surface area contributed by atoms with E-state index in [1.165, 1.54) is 10.9 Å². The van der Waals surface area contributed by atoms with Crippen molar-refractivity contribution in [2.45, 2.75) is 30.6 Å². The van der Waals surface area contributed by atoms with Gasteiger partial charge in [0.15, 0.2) is 23.2 Å². The van der Waals surface area contributed by atoms with E-state index in [-0.39, 0.29) is 30.2 Å². The average molecular weight is 417 g/mol. The minimum Gasteiger partial charge on any atom is -0.460 e. The third-order valence-electron chi connectivity index (χ3n) is 5.04. The van der Waals surface area contributed by atoms with E-state index >= 15 is 0 Å². The van der Waals surface area contributed by atoms with E-state index in [0.29, 0.717) is 5.52 Å². The maximum atomic E-state index is 10.3. The molecule has 0 unspecified atom stereocenters. The zero-order valence-electron chi connectivity index (χ0n) is 16.2. The Labute approximate surface area is 171 Å². The highest BCUT2D eigenvalue weighted by atomic mass is 16.6. The lowest BCUT2D eigenvalue weighted by atomic mass is 10.1. The fourth-order valence-corrected chi connectivity index (χ4v) is 3.40. The first kappa shape index (κ1) is 20.4. The molecule has 4 rings (SSSR count). The third kappa shape index (κ3) is 3.68. The summed E-state index contributed by atoms with van der Waals surface area (Å²) in [4.78, 5) is 12.6. The normalized spacial score (nSPS) is 24.9. The number of ether oxygens (including phenoxy) is 3. The Morgan fingerprint density at radius 1 is 1.20 bits per heavy atom. The zero-order chi connectivity index (χ0) is 21.3. The molecular weight excluding hydrogens is 394 g/mol. The summed E-state index contributed by atoms with van der Waals surface area (Å²) in [5, 5.41) is 29.6. The predicted octanol–water partition coefficient (Wildman–Crippen LogP) is -0.213. The van der Waals surface area contributed by atoms with Crippen LogP contribution in [0.3, 0.4) is 0 Å². The highest BCUT2D eigenvalue weighted by molar-refractivity contribution is 5.82. The first-order valence-electron chi connectivity index (χ1n) is 9.36. The Hall–Kier alpha value is -2.83. The lowest BCUT2D eigenvalue weighted by molar-refractivity contribution is -0.0511. The lowest BCUT2D eigenvalue weighted by Gasteiger charge is -2.17.